The predicted octanol–water partition coefficient (Wildman–Crippen LogP) is 1.53. The number of nitrogens with zero attached hydrogens (tertiary/aromatic N) is 2. The van der Waals surface area contributed by atoms with Gasteiger partial charge < -0.3 is 19.6 Å². The molecule has 1 aromatic heterocycles. The van der Waals surface area contributed by atoms with Crippen molar-refractivity contribution >= 4 is 43.7 Å². The normalized spacial score (nSPS) is 21.5. The molecule has 2 heterocycles. The number of thioether (sulfide) groups is 1. The molecule has 0 spiro atoms. The van der Waals surface area contributed by atoms with E-state index in [0.29, 0.717) is 22.8 Å². The van der Waals surface area contributed by atoms with Gasteiger partial charge in [0.05, 0.1) is 12.0 Å². The molecule has 0 fully saturated rings. The molecule has 3 N–H and O–H groups in total. The zero-order valence-corrected chi connectivity index (χ0v) is 16.5. The lowest BCUT2D eigenvalue weighted by molar-refractivity contribution is -0.119. The number of primary amides is 1. The molecule has 4 rings (SSSR count). The van der Waals surface area contributed by atoms with Gasteiger partial charge >= 0.3 is 10.1 Å². The molecule has 0 radical (unpaired) electrons. The fraction of sp³-hybridized carbons (Fsp3) is 0.333. The van der Waals surface area contributed by atoms with Gasteiger partial charge in [-0.2, -0.15) is 8.42 Å². The minimum absolute atomic E-state index is 0.0337. The smallest absolute Gasteiger partial charge is 0.357 e. The van der Waals surface area contributed by atoms with Crippen molar-refractivity contribution in [2.45, 2.75) is 35.2 Å². The summed E-state index contributed by atoms with van der Waals surface area (Å²) in [5.74, 6) is -0.311. The van der Waals surface area contributed by atoms with Crippen molar-refractivity contribution in [1.82, 2.24) is 9.55 Å². The molecule has 11 heteroatoms. The van der Waals surface area contributed by atoms with Gasteiger partial charge in [0.15, 0.2) is 5.16 Å². The molecule has 2 aliphatic rings. The molecule has 1 aromatic carbocycles. The standard InChI is InChI=1S/C15H14BrN3O5S2/c16-12-14(19-3-4-25-15(19)18-12)26(22,23)24-7-1-2-8-9(5-7)11(20)6-10(8)13(17)21/h1-2,5,10-11,20H,3-4,6H2,(H2,17,21). The van der Waals surface area contributed by atoms with Crippen molar-refractivity contribution in [2.75, 3.05) is 5.75 Å². The first-order chi connectivity index (χ1) is 12.3. The van der Waals surface area contributed by atoms with E-state index in [2.05, 4.69) is 20.9 Å². The Hall–Kier alpha value is -1.56. The number of fused-ring (bicyclic) bond motifs is 2. The Bertz CT molecular complexity index is 1020. The van der Waals surface area contributed by atoms with E-state index >= 15 is 0 Å². The highest BCUT2D eigenvalue weighted by Gasteiger charge is 2.35. The molecule has 1 aliphatic carbocycles. The minimum Gasteiger partial charge on any atom is -0.388 e. The second kappa shape index (κ2) is 6.25. The summed E-state index contributed by atoms with van der Waals surface area (Å²) >= 11 is 4.65. The van der Waals surface area contributed by atoms with Crippen LogP contribution in [0.5, 0.6) is 5.75 Å². The van der Waals surface area contributed by atoms with E-state index < -0.39 is 28.0 Å². The maximum absolute atomic E-state index is 12.7. The number of hydrogen-bond acceptors (Lipinski definition) is 7. The van der Waals surface area contributed by atoms with E-state index in [1.165, 1.54) is 23.9 Å². The van der Waals surface area contributed by atoms with Crippen LogP contribution < -0.4 is 9.92 Å². The highest BCUT2D eigenvalue weighted by molar-refractivity contribution is 9.10. The highest BCUT2D eigenvalue weighted by atomic mass is 79.9. The maximum atomic E-state index is 12.7. The summed E-state index contributed by atoms with van der Waals surface area (Å²) in [6, 6.07) is 4.45. The molecule has 0 saturated heterocycles. The SMILES string of the molecule is NC(=O)C1CC(O)c2cc(OS(=O)(=O)c3c(Br)nc4n3CCS4)ccc21. The van der Waals surface area contributed by atoms with Crippen molar-refractivity contribution < 1.29 is 22.5 Å². The average molecular weight is 460 g/mol. The summed E-state index contributed by atoms with van der Waals surface area (Å²) in [6.07, 6.45) is -0.712. The number of carbonyl (C=O) groups excluding carboxylic acids is 1. The lowest BCUT2D eigenvalue weighted by Gasteiger charge is -2.11. The first kappa shape index (κ1) is 17.8. The third-order valence-corrected chi connectivity index (χ3v) is 7.50. The summed E-state index contributed by atoms with van der Waals surface area (Å²) in [5.41, 5.74) is 6.40. The number of aromatic nitrogens is 2. The Morgan fingerprint density at radius 2 is 2.19 bits per heavy atom. The summed E-state index contributed by atoms with van der Waals surface area (Å²) in [5, 5.41) is 10.7. The van der Waals surface area contributed by atoms with Crippen molar-refractivity contribution in [3.05, 3.63) is 33.9 Å². The average Bonchev–Trinajstić information content (AvgIpc) is 3.20. The van der Waals surface area contributed by atoms with Crippen molar-refractivity contribution in [3.63, 3.8) is 0 Å². The maximum Gasteiger partial charge on any atom is 0.357 e. The number of nitrogens with two attached hydrogens (primary N) is 1. The van der Waals surface area contributed by atoms with Crippen LogP contribution in [0.15, 0.2) is 33.0 Å². The van der Waals surface area contributed by atoms with Gasteiger partial charge in [0, 0.05) is 12.3 Å². The summed E-state index contributed by atoms with van der Waals surface area (Å²) < 4.78 is 32.5. The summed E-state index contributed by atoms with van der Waals surface area (Å²) in [6.45, 7) is 0.527. The lowest BCUT2D eigenvalue weighted by atomic mass is 10.0. The van der Waals surface area contributed by atoms with Gasteiger partial charge in [-0.25, -0.2) is 4.98 Å². The molecule has 0 saturated carbocycles. The molecule has 1 aliphatic heterocycles. The Labute approximate surface area is 162 Å². The van der Waals surface area contributed by atoms with Gasteiger partial charge in [0.2, 0.25) is 10.9 Å². The number of carbonyl (C=O) groups is 1. The molecular formula is C15H14BrN3O5S2. The zero-order valence-electron chi connectivity index (χ0n) is 13.3. The number of benzene rings is 1. The van der Waals surface area contributed by atoms with Crippen LogP contribution in [0.3, 0.4) is 0 Å². The van der Waals surface area contributed by atoms with E-state index in [1.54, 1.807) is 10.6 Å². The van der Waals surface area contributed by atoms with Crippen LogP contribution in [0.2, 0.25) is 0 Å². The highest BCUT2D eigenvalue weighted by Crippen LogP contribution is 2.42. The minimum atomic E-state index is -4.12. The Morgan fingerprint density at radius 3 is 2.92 bits per heavy atom. The van der Waals surface area contributed by atoms with Crippen LogP contribution in [-0.4, -0.2) is 34.7 Å². The van der Waals surface area contributed by atoms with Crippen LogP contribution in [0, 0.1) is 0 Å². The van der Waals surface area contributed by atoms with E-state index in [0.717, 1.165) is 5.75 Å². The molecule has 1 amide bonds. The van der Waals surface area contributed by atoms with E-state index in [1.807, 2.05) is 0 Å². The van der Waals surface area contributed by atoms with E-state index in [4.69, 9.17) is 9.92 Å². The van der Waals surface area contributed by atoms with Crippen LogP contribution in [0.25, 0.3) is 0 Å². The van der Waals surface area contributed by atoms with Crippen LogP contribution in [-0.2, 0) is 21.5 Å². The van der Waals surface area contributed by atoms with Crippen LogP contribution in [0.1, 0.15) is 29.6 Å². The molecular weight excluding hydrogens is 446 g/mol. The van der Waals surface area contributed by atoms with Gasteiger partial charge in [-0.3, -0.25) is 4.79 Å². The van der Waals surface area contributed by atoms with Gasteiger partial charge in [-0.1, -0.05) is 17.8 Å². The van der Waals surface area contributed by atoms with Crippen LogP contribution in [0.4, 0.5) is 0 Å². The number of amides is 1. The first-order valence-corrected chi connectivity index (χ1v) is 10.9. The number of hydrogen-bond donors (Lipinski definition) is 2. The molecule has 26 heavy (non-hydrogen) atoms. The molecule has 2 atom stereocenters. The second-order valence-corrected chi connectivity index (χ2v) is 9.30. The summed E-state index contributed by atoms with van der Waals surface area (Å²) in [4.78, 5) is 15.7. The molecule has 2 aromatic rings. The molecule has 0 bridgehead atoms. The molecule has 8 nitrogen and oxygen atoms in total. The Morgan fingerprint density at radius 1 is 1.42 bits per heavy atom. The first-order valence-electron chi connectivity index (χ1n) is 7.72. The monoisotopic (exact) mass is 459 g/mol. The number of halogens is 1. The van der Waals surface area contributed by atoms with Crippen LogP contribution >= 0.6 is 27.7 Å². The second-order valence-electron chi connectivity index (χ2n) is 6.03. The van der Waals surface area contributed by atoms with Crippen molar-refractivity contribution in [1.29, 1.82) is 0 Å². The third kappa shape index (κ3) is 2.82. The number of imidazole rings is 1. The fourth-order valence-electron chi connectivity index (χ4n) is 3.29. The van der Waals surface area contributed by atoms with Crippen molar-refractivity contribution in [3.8, 4) is 5.75 Å². The van der Waals surface area contributed by atoms with Crippen molar-refractivity contribution in [2.24, 2.45) is 5.73 Å². The molecule has 138 valence electrons. The van der Waals surface area contributed by atoms with Gasteiger partial charge in [0.1, 0.15) is 10.4 Å². The summed E-state index contributed by atoms with van der Waals surface area (Å²) in [7, 11) is -4.12. The van der Waals surface area contributed by atoms with E-state index in [-0.39, 0.29) is 21.8 Å². The Kier molecular flexibility index (Phi) is 4.29. The third-order valence-electron chi connectivity index (χ3n) is 4.43. The quantitative estimate of drug-likeness (QED) is 0.663. The lowest BCUT2D eigenvalue weighted by Crippen LogP contribution is -2.19. The molecule has 2 unspecified atom stereocenters. The van der Waals surface area contributed by atoms with E-state index in [9.17, 15) is 18.3 Å². The topological polar surface area (TPSA) is 125 Å². The Balaban J connectivity index is 1.68. The number of aliphatic hydroxyl groups excluding tert-OH is 1. The van der Waals surface area contributed by atoms with Gasteiger partial charge in [0.25, 0.3) is 0 Å². The predicted molar refractivity (Wildman–Crippen MR) is 96.4 cm³/mol. The van der Waals surface area contributed by atoms with Gasteiger partial charge in [-0.15, -0.1) is 0 Å². The zero-order chi connectivity index (χ0) is 18.6. The fourth-order valence-corrected chi connectivity index (χ4v) is 6.53. The number of rotatable bonds is 4. The number of aliphatic hydroxyl groups is 1. The largest absolute Gasteiger partial charge is 0.388 e. The van der Waals surface area contributed by atoms with Gasteiger partial charge in [-0.05, 0) is 45.6 Å².